The summed E-state index contributed by atoms with van der Waals surface area (Å²) in [6.45, 7) is 0.998. The highest BCUT2D eigenvalue weighted by molar-refractivity contribution is 5.55. The van der Waals surface area contributed by atoms with E-state index in [1.165, 1.54) is 24.8 Å². The minimum absolute atomic E-state index is 0.132. The van der Waals surface area contributed by atoms with Gasteiger partial charge in [-0.1, -0.05) is 6.07 Å². The van der Waals surface area contributed by atoms with Crippen molar-refractivity contribution in [3.63, 3.8) is 0 Å². The molecular formula is C12H14FN. The van der Waals surface area contributed by atoms with Crippen molar-refractivity contribution >= 4 is 5.69 Å². The van der Waals surface area contributed by atoms with Crippen LogP contribution in [0.1, 0.15) is 30.7 Å². The maximum absolute atomic E-state index is 13.0. The second-order valence-corrected chi connectivity index (χ2v) is 4.39. The van der Waals surface area contributed by atoms with Gasteiger partial charge in [-0.2, -0.15) is 0 Å². The minimum Gasteiger partial charge on any atom is -0.385 e. The van der Waals surface area contributed by atoms with Gasteiger partial charge in [0.1, 0.15) is 5.82 Å². The summed E-state index contributed by atoms with van der Waals surface area (Å²) in [5.41, 5.74) is 2.35. The summed E-state index contributed by atoms with van der Waals surface area (Å²) in [7, 11) is 0. The first-order valence-corrected chi connectivity index (χ1v) is 5.38. The van der Waals surface area contributed by atoms with Crippen molar-refractivity contribution in [1.82, 2.24) is 0 Å². The Morgan fingerprint density at radius 2 is 2.07 bits per heavy atom. The van der Waals surface area contributed by atoms with Crippen molar-refractivity contribution in [3.8, 4) is 0 Å². The summed E-state index contributed by atoms with van der Waals surface area (Å²) in [5, 5.41) is 3.28. The topological polar surface area (TPSA) is 12.0 Å². The molecule has 0 amide bonds. The van der Waals surface area contributed by atoms with Crippen LogP contribution in [0.25, 0.3) is 0 Å². The van der Waals surface area contributed by atoms with Crippen LogP contribution in [0.2, 0.25) is 0 Å². The average Bonchev–Trinajstić information content (AvgIpc) is 2.99. The number of halogens is 1. The van der Waals surface area contributed by atoms with Gasteiger partial charge in [0, 0.05) is 12.2 Å². The van der Waals surface area contributed by atoms with Crippen LogP contribution in [0.3, 0.4) is 0 Å². The van der Waals surface area contributed by atoms with Crippen LogP contribution in [0.4, 0.5) is 10.1 Å². The number of hydrogen-bond donors (Lipinski definition) is 1. The fourth-order valence-corrected chi connectivity index (χ4v) is 2.51. The van der Waals surface area contributed by atoms with Crippen LogP contribution < -0.4 is 5.32 Å². The highest BCUT2D eigenvalue weighted by Crippen LogP contribution is 2.47. The first kappa shape index (κ1) is 8.27. The molecule has 0 spiro atoms. The molecule has 0 radical (unpaired) electrons. The largest absolute Gasteiger partial charge is 0.385 e. The molecule has 1 aliphatic heterocycles. The van der Waals surface area contributed by atoms with E-state index >= 15 is 0 Å². The zero-order valence-electron chi connectivity index (χ0n) is 8.09. The minimum atomic E-state index is -0.132. The van der Waals surface area contributed by atoms with Crippen molar-refractivity contribution in [2.75, 3.05) is 11.9 Å². The van der Waals surface area contributed by atoms with E-state index in [1.807, 2.05) is 6.07 Å². The number of fused-ring (bicyclic) bond motifs is 1. The molecule has 0 aromatic heterocycles. The number of rotatable bonds is 1. The lowest BCUT2D eigenvalue weighted by molar-refractivity contribution is 0.555. The lowest BCUT2D eigenvalue weighted by Crippen LogP contribution is -2.18. The molecule has 0 bridgehead atoms. The van der Waals surface area contributed by atoms with E-state index in [1.54, 1.807) is 12.1 Å². The molecule has 1 saturated carbocycles. The van der Waals surface area contributed by atoms with Gasteiger partial charge in [-0.3, -0.25) is 0 Å². The smallest absolute Gasteiger partial charge is 0.125 e. The third-order valence-corrected chi connectivity index (χ3v) is 3.38. The van der Waals surface area contributed by atoms with E-state index < -0.39 is 0 Å². The molecule has 1 heterocycles. The highest BCUT2D eigenvalue weighted by atomic mass is 19.1. The summed E-state index contributed by atoms with van der Waals surface area (Å²) < 4.78 is 13.0. The molecule has 74 valence electrons. The fourth-order valence-electron chi connectivity index (χ4n) is 2.51. The van der Waals surface area contributed by atoms with Gasteiger partial charge in [-0.15, -0.1) is 0 Å². The summed E-state index contributed by atoms with van der Waals surface area (Å²) in [6, 6.07) is 5.17. The summed E-state index contributed by atoms with van der Waals surface area (Å²) >= 11 is 0. The second-order valence-electron chi connectivity index (χ2n) is 4.39. The predicted octanol–water partition coefficient (Wildman–Crippen LogP) is 3.13. The van der Waals surface area contributed by atoms with Crippen LogP contribution in [-0.4, -0.2) is 6.54 Å². The van der Waals surface area contributed by atoms with E-state index in [9.17, 15) is 4.39 Å². The summed E-state index contributed by atoms with van der Waals surface area (Å²) in [5.74, 6) is 1.43. The standard InChI is InChI=1S/C12H14FN/c13-9-3-4-11-10(8-1-2-8)5-6-14-12(11)7-9/h3-4,7-8,10,14H,1-2,5-6H2. The highest BCUT2D eigenvalue weighted by Gasteiger charge is 2.34. The first-order chi connectivity index (χ1) is 6.84. The molecule has 2 heteroatoms. The Hall–Kier alpha value is -1.05. The van der Waals surface area contributed by atoms with E-state index in [0.29, 0.717) is 5.92 Å². The van der Waals surface area contributed by atoms with Gasteiger partial charge < -0.3 is 5.32 Å². The quantitative estimate of drug-likeness (QED) is 0.719. The van der Waals surface area contributed by atoms with E-state index in [-0.39, 0.29) is 5.82 Å². The Labute approximate surface area is 83.3 Å². The molecule has 1 aromatic carbocycles. The molecule has 1 N–H and O–H groups in total. The molecule has 3 rings (SSSR count). The van der Waals surface area contributed by atoms with Crippen molar-refractivity contribution in [2.45, 2.75) is 25.2 Å². The van der Waals surface area contributed by atoms with E-state index in [0.717, 1.165) is 18.2 Å². The maximum atomic E-state index is 13.0. The molecule has 1 fully saturated rings. The Bertz CT molecular complexity index is 357. The van der Waals surface area contributed by atoms with Crippen LogP contribution >= 0.6 is 0 Å². The monoisotopic (exact) mass is 191 g/mol. The van der Waals surface area contributed by atoms with E-state index in [2.05, 4.69) is 5.32 Å². The Balaban J connectivity index is 2.01. The molecule has 1 unspecified atom stereocenters. The average molecular weight is 191 g/mol. The van der Waals surface area contributed by atoms with Crippen molar-refractivity contribution in [2.24, 2.45) is 5.92 Å². The van der Waals surface area contributed by atoms with Crippen LogP contribution in [0.15, 0.2) is 18.2 Å². The number of anilines is 1. The van der Waals surface area contributed by atoms with Crippen LogP contribution in [0, 0.1) is 11.7 Å². The molecule has 0 saturated heterocycles. The van der Waals surface area contributed by atoms with Gasteiger partial charge in [0.25, 0.3) is 0 Å². The van der Waals surface area contributed by atoms with Gasteiger partial charge in [0.2, 0.25) is 0 Å². The zero-order chi connectivity index (χ0) is 9.54. The first-order valence-electron chi connectivity index (χ1n) is 5.38. The number of hydrogen-bond acceptors (Lipinski definition) is 1. The van der Waals surface area contributed by atoms with Gasteiger partial charge in [0.15, 0.2) is 0 Å². The summed E-state index contributed by atoms with van der Waals surface area (Å²) in [6.07, 6.45) is 3.94. The molecule has 14 heavy (non-hydrogen) atoms. The number of nitrogens with one attached hydrogen (secondary N) is 1. The molecule has 1 nitrogen and oxygen atoms in total. The second kappa shape index (κ2) is 2.97. The molecule has 2 aliphatic rings. The van der Waals surface area contributed by atoms with Gasteiger partial charge >= 0.3 is 0 Å². The Morgan fingerprint density at radius 3 is 2.86 bits per heavy atom. The third kappa shape index (κ3) is 1.29. The Kier molecular flexibility index (Phi) is 1.76. The van der Waals surface area contributed by atoms with Gasteiger partial charge in [0.05, 0.1) is 0 Å². The van der Waals surface area contributed by atoms with Gasteiger partial charge in [-0.25, -0.2) is 4.39 Å². The van der Waals surface area contributed by atoms with E-state index in [4.69, 9.17) is 0 Å². The molecule has 1 aromatic rings. The fraction of sp³-hybridized carbons (Fsp3) is 0.500. The summed E-state index contributed by atoms with van der Waals surface area (Å²) in [4.78, 5) is 0. The molecule has 1 aliphatic carbocycles. The Morgan fingerprint density at radius 1 is 1.21 bits per heavy atom. The maximum Gasteiger partial charge on any atom is 0.125 e. The van der Waals surface area contributed by atoms with Crippen molar-refractivity contribution < 1.29 is 4.39 Å². The molecule has 1 atom stereocenters. The van der Waals surface area contributed by atoms with Crippen LogP contribution in [-0.2, 0) is 0 Å². The normalized spacial score (nSPS) is 25.4. The van der Waals surface area contributed by atoms with Crippen molar-refractivity contribution in [1.29, 1.82) is 0 Å². The van der Waals surface area contributed by atoms with Crippen molar-refractivity contribution in [3.05, 3.63) is 29.6 Å². The number of benzene rings is 1. The zero-order valence-corrected chi connectivity index (χ0v) is 8.09. The molecular weight excluding hydrogens is 177 g/mol. The lowest BCUT2D eigenvalue weighted by Gasteiger charge is -2.26. The SMILES string of the molecule is Fc1ccc2c(c1)NCCC2C1CC1. The lowest BCUT2D eigenvalue weighted by atomic mass is 9.87. The van der Waals surface area contributed by atoms with Crippen LogP contribution in [0.5, 0.6) is 0 Å². The van der Waals surface area contributed by atoms with Gasteiger partial charge in [-0.05, 0) is 48.8 Å². The predicted molar refractivity (Wildman–Crippen MR) is 55.0 cm³/mol. The third-order valence-electron chi connectivity index (χ3n) is 3.38.